The van der Waals surface area contributed by atoms with E-state index in [9.17, 15) is 0 Å². The highest BCUT2D eigenvalue weighted by atomic mass is 79.9. The number of ether oxygens (including phenoxy) is 2. The number of hydrogen-bond donors (Lipinski definition) is 1. The molecule has 0 bridgehead atoms. The Bertz CT molecular complexity index is 739. The first-order chi connectivity index (χ1) is 10.6. The molecular formula is C14H17BrN4O2S. The van der Waals surface area contributed by atoms with E-state index in [-0.39, 0.29) is 0 Å². The van der Waals surface area contributed by atoms with Crippen LogP contribution in [0.25, 0.3) is 0 Å². The van der Waals surface area contributed by atoms with Gasteiger partial charge in [0, 0.05) is 12.0 Å². The van der Waals surface area contributed by atoms with Gasteiger partial charge in [-0.2, -0.15) is 14.9 Å². The smallest absolute Gasteiger partial charge is 0.216 e. The van der Waals surface area contributed by atoms with Gasteiger partial charge in [-0.1, -0.05) is 6.92 Å². The minimum atomic E-state index is 0.469. The van der Waals surface area contributed by atoms with Crippen molar-refractivity contribution >= 4 is 34.4 Å². The number of nitrogens with zero attached hydrogens (tertiary/aromatic N) is 3. The fraction of sp³-hybridized carbons (Fsp3) is 0.357. The fourth-order valence-corrected chi connectivity index (χ4v) is 2.74. The highest BCUT2D eigenvalue weighted by molar-refractivity contribution is 9.10. The summed E-state index contributed by atoms with van der Waals surface area (Å²) in [5, 5.41) is 11.3. The van der Waals surface area contributed by atoms with Gasteiger partial charge in [0.2, 0.25) is 4.77 Å². The zero-order chi connectivity index (χ0) is 16.1. The second kappa shape index (κ2) is 7.55. The Morgan fingerprint density at radius 1 is 1.41 bits per heavy atom. The van der Waals surface area contributed by atoms with E-state index in [1.54, 1.807) is 25.1 Å². The third-order valence-electron chi connectivity index (χ3n) is 3.02. The highest BCUT2D eigenvalue weighted by Crippen LogP contribution is 2.36. The summed E-state index contributed by atoms with van der Waals surface area (Å²) in [5.41, 5.74) is 0.850. The van der Waals surface area contributed by atoms with Gasteiger partial charge < -0.3 is 9.47 Å². The Hall–Kier alpha value is -1.67. The molecule has 6 nitrogen and oxygen atoms in total. The van der Waals surface area contributed by atoms with Crippen molar-refractivity contribution in [1.29, 1.82) is 0 Å². The topological polar surface area (TPSA) is 64.4 Å². The fourth-order valence-electron chi connectivity index (χ4n) is 1.95. The molecule has 2 aromatic rings. The van der Waals surface area contributed by atoms with E-state index < -0.39 is 0 Å². The molecule has 1 N–H and O–H groups in total. The normalized spacial score (nSPS) is 11.1. The molecule has 0 atom stereocenters. The summed E-state index contributed by atoms with van der Waals surface area (Å²) in [4.78, 5) is 0. The maximum Gasteiger partial charge on any atom is 0.216 e. The predicted octanol–water partition coefficient (Wildman–Crippen LogP) is 3.56. The molecule has 0 saturated heterocycles. The van der Waals surface area contributed by atoms with Crippen LogP contribution in [0.5, 0.6) is 11.5 Å². The number of benzene rings is 1. The second-order valence-electron chi connectivity index (χ2n) is 4.46. The first-order valence-electron chi connectivity index (χ1n) is 6.73. The van der Waals surface area contributed by atoms with Crippen molar-refractivity contribution in [2.75, 3.05) is 14.2 Å². The van der Waals surface area contributed by atoms with Crippen molar-refractivity contribution in [3.05, 3.63) is 32.8 Å². The predicted molar refractivity (Wildman–Crippen MR) is 91.6 cm³/mol. The van der Waals surface area contributed by atoms with E-state index in [1.165, 1.54) is 0 Å². The number of rotatable bonds is 6. The van der Waals surface area contributed by atoms with Gasteiger partial charge >= 0.3 is 0 Å². The molecule has 0 radical (unpaired) electrons. The minimum Gasteiger partial charge on any atom is -0.493 e. The van der Waals surface area contributed by atoms with Crippen molar-refractivity contribution in [2.24, 2.45) is 5.10 Å². The molecule has 0 aliphatic rings. The van der Waals surface area contributed by atoms with Crippen LogP contribution in [0.3, 0.4) is 0 Å². The molecule has 118 valence electrons. The minimum absolute atomic E-state index is 0.469. The van der Waals surface area contributed by atoms with Gasteiger partial charge in [0.15, 0.2) is 17.3 Å². The zero-order valence-corrected chi connectivity index (χ0v) is 15.0. The van der Waals surface area contributed by atoms with Crippen LogP contribution in [-0.2, 0) is 6.42 Å². The molecule has 0 amide bonds. The summed E-state index contributed by atoms with van der Waals surface area (Å²) in [7, 11) is 3.19. The molecule has 0 saturated carbocycles. The maximum atomic E-state index is 5.35. The lowest BCUT2D eigenvalue weighted by atomic mass is 10.2. The van der Waals surface area contributed by atoms with E-state index in [1.807, 2.05) is 12.1 Å². The Morgan fingerprint density at radius 2 is 2.18 bits per heavy atom. The average Bonchev–Trinajstić information content (AvgIpc) is 2.86. The van der Waals surface area contributed by atoms with E-state index in [0.29, 0.717) is 16.3 Å². The molecule has 0 spiro atoms. The van der Waals surface area contributed by atoms with Gasteiger partial charge in [-0.05, 0) is 46.7 Å². The van der Waals surface area contributed by atoms with Crippen molar-refractivity contribution < 1.29 is 9.47 Å². The number of aryl methyl sites for hydroxylation is 1. The number of halogens is 1. The molecule has 0 unspecified atom stereocenters. The van der Waals surface area contributed by atoms with Crippen molar-refractivity contribution in [2.45, 2.75) is 19.8 Å². The Balaban J connectivity index is 2.39. The molecule has 1 aromatic carbocycles. The number of aromatic amines is 1. The van der Waals surface area contributed by atoms with Crippen LogP contribution in [0, 0.1) is 4.77 Å². The number of hydrogen-bond acceptors (Lipinski definition) is 5. The van der Waals surface area contributed by atoms with E-state index in [0.717, 1.165) is 28.7 Å². The molecule has 2 rings (SSSR count). The Kier molecular flexibility index (Phi) is 5.73. The highest BCUT2D eigenvalue weighted by Gasteiger charge is 2.11. The van der Waals surface area contributed by atoms with Crippen LogP contribution in [0.15, 0.2) is 21.7 Å². The van der Waals surface area contributed by atoms with Gasteiger partial charge in [-0.3, -0.25) is 5.10 Å². The second-order valence-corrected chi connectivity index (χ2v) is 5.64. The zero-order valence-electron chi connectivity index (χ0n) is 12.6. The Morgan fingerprint density at radius 3 is 2.82 bits per heavy atom. The quantitative estimate of drug-likeness (QED) is 0.610. The molecular weight excluding hydrogens is 368 g/mol. The van der Waals surface area contributed by atoms with E-state index in [4.69, 9.17) is 21.7 Å². The monoisotopic (exact) mass is 384 g/mol. The SMILES string of the molecule is CCCc1n[nH]c(=S)n1/N=C\c1ccc(OC)c(OC)c1Br. The third-order valence-corrected chi connectivity index (χ3v) is 4.10. The van der Waals surface area contributed by atoms with Gasteiger partial charge in [0.25, 0.3) is 0 Å². The lowest BCUT2D eigenvalue weighted by Crippen LogP contribution is -2.00. The average molecular weight is 385 g/mol. The molecule has 0 aliphatic heterocycles. The summed E-state index contributed by atoms with van der Waals surface area (Å²) < 4.78 is 13.5. The van der Waals surface area contributed by atoms with Crippen molar-refractivity contribution in [1.82, 2.24) is 14.9 Å². The summed E-state index contributed by atoms with van der Waals surface area (Å²) >= 11 is 8.71. The lowest BCUT2D eigenvalue weighted by molar-refractivity contribution is 0.353. The largest absolute Gasteiger partial charge is 0.493 e. The van der Waals surface area contributed by atoms with Gasteiger partial charge in [0.05, 0.1) is 24.9 Å². The standard InChI is InChI=1S/C14H17BrN4O2S/c1-4-5-11-17-18-14(22)19(11)16-8-9-6-7-10(20-2)13(21-3)12(9)15/h6-8H,4-5H2,1-3H3,(H,18,22)/b16-8-. The molecule has 1 aromatic heterocycles. The van der Waals surface area contributed by atoms with Crippen molar-refractivity contribution in [3.63, 3.8) is 0 Å². The molecule has 22 heavy (non-hydrogen) atoms. The summed E-state index contributed by atoms with van der Waals surface area (Å²) in [6.07, 6.45) is 3.48. The van der Waals surface area contributed by atoms with Crippen LogP contribution in [-0.4, -0.2) is 35.3 Å². The van der Waals surface area contributed by atoms with E-state index in [2.05, 4.69) is 38.2 Å². The lowest BCUT2D eigenvalue weighted by Gasteiger charge is -2.10. The van der Waals surface area contributed by atoms with Crippen LogP contribution >= 0.6 is 28.1 Å². The summed E-state index contributed by atoms with van der Waals surface area (Å²) in [6.45, 7) is 2.08. The van der Waals surface area contributed by atoms with Gasteiger partial charge in [0.1, 0.15) is 0 Å². The molecule has 1 heterocycles. The number of aromatic nitrogens is 3. The van der Waals surface area contributed by atoms with Crippen LogP contribution in [0.1, 0.15) is 24.7 Å². The Labute approximate surface area is 142 Å². The van der Waals surface area contributed by atoms with Crippen molar-refractivity contribution in [3.8, 4) is 11.5 Å². The molecule has 0 aliphatic carbocycles. The third kappa shape index (κ3) is 3.38. The van der Waals surface area contributed by atoms with Crippen LogP contribution in [0.2, 0.25) is 0 Å². The number of methoxy groups -OCH3 is 2. The molecule has 0 fully saturated rings. The van der Waals surface area contributed by atoms with Gasteiger partial charge in [-0.15, -0.1) is 0 Å². The summed E-state index contributed by atoms with van der Waals surface area (Å²) in [6, 6.07) is 3.71. The number of nitrogens with one attached hydrogen (secondary N) is 1. The van der Waals surface area contributed by atoms with Crippen LogP contribution in [0.4, 0.5) is 0 Å². The van der Waals surface area contributed by atoms with Gasteiger partial charge in [-0.25, -0.2) is 0 Å². The molecule has 8 heteroatoms. The first kappa shape index (κ1) is 16.7. The van der Waals surface area contributed by atoms with E-state index >= 15 is 0 Å². The first-order valence-corrected chi connectivity index (χ1v) is 7.93. The summed E-state index contributed by atoms with van der Waals surface area (Å²) in [5.74, 6) is 2.08. The van der Waals surface area contributed by atoms with Crippen LogP contribution < -0.4 is 9.47 Å². The maximum absolute atomic E-state index is 5.35. The number of H-pyrrole nitrogens is 1.